The van der Waals surface area contributed by atoms with Crippen molar-refractivity contribution in [3.8, 4) is 5.75 Å². The molecule has 0 bridgehead atoms. The lowest BCUT2D eigenvalue weighted by Crippen LogP contribution is -2.65. The van der Waals surface area contributed by atoms with Gasteiger partial charge in [0.05, 0.1) is 19.2 Å². The Morgan fingerprint density at radius 1 is 0.971 bits per heavy atom. The van der Waals surface area contributed by atoms with E-state index < -0.39 is 29.8 Å². The highest BCUT2D eigenvalue weighted by Crippen LogP contribution is 2.25. The Bertz CT molecular complexity index is 1200. The van der Waals surface area contributed by atoms with Gasteiger partial charge in [-0.25, -0.2) is 14.7 Å². The van der Waals surface area contributed by atoms with Crippen molar-refractivity contribution in [3.05, 3.63) is 84.7 Å². The van der Waals surface area contributed by atoms with Gasteiger partial charge >= 0.3 is 6.03 Å². The van der Waals surface area contributed by atoms with Crippen molar-refractivity contribution in [2.45, 2.75) is 12.5 Å². The lowest BCUT2D eigenvalue weighted by atomic mass is 10.1. The normalized spacial score (nSPS) is 15.6. The zero-order valence-corrected chi connectivity index (χ0v) is 18.2. The van der Waals surface area contributed by atoms with Gasteiger partial charge in [0.2, 0.25) is 11.8 Å². The Morgan fingerprint density at radius 2 is 1.65 bits per heavy atom. The summed E-state index contributed by atoms with van der Waals surface area (Å²) in [4.78, 5) is 57.0. The molecule has 3 aromatic rings. The van der Waals surface area contributed by atoms with Crippen LogP contribution in [0.15, 0.2) is 79.1 Å². The van der Waals surface area contributed by atoms with E-state index in [4.69, 9.17) is 4.74 Å². The minimum absolute atomic E-state index is 0.236. The third-order valence-electron chi connectivity index (χ3n) is 5.17. The van der Waals surface area contributed by atoms with Gasteiger partial charge in [-0.3, -0.25) is 24.8 Å². The molecular weight excluding hydrogens is 438 g/mol. The summed E-state index contributed by atoms with van der Waals surface area (Å²) in [6.45, 7) is 0. The summed E-state index contributed by atoms with van der Waals surface area (Å²) in [5, 5.41) is 3.57. The Labute approximate surface area is 195 Å². The lowest BCUT2D eigenvalue weighted by molar-refractivity contribution is -0.128. The summed E-state index contributed by atoms with van der Waals surface area (Å²) >= 11 is 0. The third kappa shape index (κ3) is 4.70. The number of amides is 5. The minimum atomic E-state index is -1.27. The topological polar surface area (TPSA) is 121 Å². The van der Waals surface area contributed by atoms with E-state index in [1.54, 1.807) is 54.6 Å². The summed E-state index contributed by atoms with van der Waals surface area (Å²) in [5.74, 6) is -1.22. The third-order valence-corrected chi connectivity index (χ3v) is 5.17. The highest BCUT2D eigenvalue weighted by Gasteiger charge is 2.44. The van der Waals surface area contributed by atoms with E-state index in [2.05, 4.69) is 15.7 Å². The van der Waals surface area contributed by atoms with Crippen LogP contribution in [-0.2, 0) is 9.59 Å². The number of nitrogens with zero attached hydrogens (tertiary/aromatic N) is 3. The summed E-state index contributed by atoms with van der Waals surface area (Å²) in [5.41, 5.74) is 3.49. The van der Waals surface area contributed by atoms with Crippen LogP contribution in [0.5, 0.6) is 5.75 Å². The van der Waals surface area contributed by atoms with Crippen molar-refractivity contribution in [1.29, 1.82) is 0 Å². The van der Waals surface area contributed by atoms with Gasteiger partial charge in [0.25, 0.3) is 5.91 Å². The molecule has 1 aromatic heterocycles. The highest BCUT2D eigenvalue weighted by atomic mass is 16.5. The lowest BCUT2D eigenvalue weighted by Gasteiger charge is -2.38. The molecule has 0 unspecified atom stereocenters. The number of rotatable bonds is 6. The molecule has 10 heteroatoms. The maximum absolute atomic E-state index is 13.4. The molecule has 172 valence electrons. The average Bonchev–Trinajstić information content (AvgIpc) is 2.87. The molecule has 1 atom stereocenters. The maximum atomic E-state index is 13.4. The molecule has 1 fully saturated rings. The van der Waals surface area contributed by atoms with Crippen molar-refractivity contribution in [3.63, 3.8) is 0 Å². The average molecular weight is 459 g/mol. The number of carbonyl (C=O) groups is 4. The first kappa shape index (κ1) is 22.5. The number of imide groups is 1. The monoisotopic (exact) mass is 459 g/mol. The van der Waals surface area contributed by atoms with Crippen molar-refractivity contribution >= 4 is 35.1 Å². The second-order valence-corrected chi connectivity index (χ2v) is 7.33. The number of urea groups is 1. The van der Waals surface area contributed by atoms with Crippen LogP contribution in [0.3, 0.4) is 0 Å². The van der Waals surface area contributed by atoms with Crippen LogP contribution in [0, 0.1) is 0 Å². The van der Waals surface area contributed by atoms with Gasteiger partial charge in [-0.2, -0.15) is 0 Å². The zero-order valence-electron chi connectivity index (χ0n) is 18.2. The maximum Gasteiger partial charge on any atom is 0.350 e. The largest absolute Gasteiger partial charge is 0.497 e. The number of hydrogen-bond donors (Lipinski definition) is 2. The molecule has 10 nitrogen and oxygen atoms in total. The number of carbonyl (C=O) groups excluding carboxylic acids is 4. The van der Waals surface area contributed by atoms with Gasteiger partial charge in [0, 0.05) is 23.6 Å². The molecule has 4 rings (SSSR count). The van der Waals surface area contributed by atoms with E-state index in [0.717, 1.165) is 9.91 Å². The van der Waals surface area contributed by atoms with Gasteiger partial charge in [-0.1, -0.05) is 18.2 Å². The van der Waals surface area contributed by atoms with E-state index in [1.807, 2.05) is 0 Å². The number of methoxy groups -OCH3 is 1. The van der Waals surface area contributed by atoms with E-state index >= 15 is 0 Å². The standard InChI is InChI=1S/C24H21N5O5/c1-34-19-9-7-17(8-10-19)26-23(32)20-15-21(30)28(18-5-3-2-4-6-18)24(33)29(20)27-22(31)16-11-13-25-14-12-16/h2-14,20H,15H2,1H3,(H,26,32)(H,27,31)/t20-/m0/s1. The number of aromatic nitrogens is 1. The summed E-state index contributed by atoms with van der Waals surface area (Å²) in [7, 11) is 1.52. The number of hydrazine groups is 1. The predicted octanol–water partition coefficient (Wildman–Crippen LogP) is 2.60. The fourth-order valence-electron chi connectivity index (χ4n) is 3.44. The number of anilines is 2. The number of nitrogens with one attached hydrogen (secondary N) is 2. The zero-order chi connectivity index (χ0) is 24.1. The van der Waals surface area contributed by atoms with Crippen molar-refractivity contribution in [2.24, 2.45) is 0 Å². The summed E-state index contributed by atoms with van der Waals surface area (Å²) in [6.07, 6.45) is 2.53. The number of hydrogen-bond acceptors (Lipinski definition) is 6. The molecule has 2 N–H and O–H groups in total. The molecule has 0 spiro atoms. The van der Waals surface area contributed by atoms with Crippen molar-refractivity contribution in [2.75, 3.05) is 17.3 Å². The van der Waals surface area contributed by atoms with E-state index in [1.165, 1.54) is 31.6 Å². The summed E-state index contributed by atoms with van der Waals surface area (Å²) in [6, 6.07) is 15.7. The van der Waals surface area contributed by atoms with Gasteiger partial charge in [-0.15, -0.1) is 0 Å². The molecule has 34 heavy (non-hydrogen) atoms. The molecule has 2 heterocycles. The first-order chi connectivity index (χ1) is 16.5. The second-order valence-electron chi connectivity index (χ2n) is 7.33. The molecule has 2 aromatic carbocycles. The predicted molar refractivity (Wildman–Crippen MR) is 123 cm³/mol. The van der Waals surface area contributed by atoms with Crippen LogP contribution >= 0.6 is 0 Å². The molecule has 0 saturated carbocycles. The Hall–Kier alpha value is -4.73. The minimum Gasteiger partial charge on any atom is -0.497 e. The molecule has 0 aliphatic carbocycles. The van der Waals surface area contributed by atoms with Gasteiger partial charge in [-0.05, 0) is 48.5 Å². The van der Waals surface area contributed by atoms with Crippen molar-refractivity contribution < 1.29 is 23.9 Å². The molecule has 5 amide bonds. The quantitative estimate of drug-likeness (QED) is 0.585. The molecule has 1 aliphatic rings. The SMILES string of the molecule is COc1ccc(NC(=O)[C@@H]2CC(=O)N(c3ccccc3)C(=O)N2NC(=O)c2ccncc2)cc1. The van der Waals surface area contributed by atoms with Crippen LogP contribution in [0.25, 0.3) is 0 Å². The Morgan fingerprint density at radius 3 is 2.29 bits per heavy atom. The number of para-hydroxylation sites is 1. The fourth-order valence-corrected chi connectivity index (χ4v) is 3.44. The first-order valence-electron chi connectivity index (χ1n) is 10.3. The van der Waals surface area contributed by atoms with E-state index in [-0.39, 0.29) is 12.0 Å². The van der Waals surface area contributed by atoms with Gasteiger partial charge in [0.1, 0.15) is 11.8 Å². The smallest absolute Gasteiger partial charge is 0.350 e. The van der Waals surface area contributed by atoms with Crippen LogP contribution in [-0.4, -0.2) is 46.9 Å². The van der Waals surface area contributed by atoms with Crippen LogP contribution in [0.2, 0.25) is 0 Å². The molecule has 1 saturated heterocycles. The number of pyridine rings is 1. The fraction of sp³-hybridized carbons (Fsp3) is 0.125. The number of ether oxygens (including phenoxy) is 1. The van der Waals surface area contributed by atoms with Gasteiger partial charge < -0.3 is 10.1 Å². The molecular formula is C24H21N5O5. The molecule has 0 radical (unpaired) electrons. The van der Waals surface area contributed by atoms with Crippen molar-refractivity contribution in [1.82, 2.24) is 15.4 Å². The van der Waals surface area contributed by atoms with E-state index in [9.17, 15) is 19.2 Å². The second kappa shape index (κ2) is 9.82. The van der Waals surface area contributed by atoms with Crippen LogP contribution in [0.1, 0.15) is 16.8 Å². The first-order valence-corrected chi connectivity index (χ1v) is 10.3. The Balaban J connectivity index is 1.62. The Kier molecular flexibility index (Phi) is 6.49. The summed E-state index contributed by atoms with van der Waals surface area (Å²) < 4.78 is 5.11. The highest BCUT2D eigenvalue weighted by molar-refractivity contribution is 6.19. The molecule has 1 aliphatic heterocycles. The van der Waals surface area contributed by atoms with Crippen LogP contribution in [0.4, 0.5) is 16.2 Å². The van der Waals surface area contributed by atoms with Gasteiger partial charge in [0.15, 0.2) is 0 Å². The van der Waals surface area contributed by atoms with Crippen LogP contribution < -0.4 is 20.4 Å². The van der Waals surface area contributed by atoms with E-state index in [0.29, 0.717) is 17.1 Å². The number of benzene rings is 2.